The van der Waals surface area contributed by atoms with Crippen molar-refractivity contribution in [2.24, 2.45) is 0 Å². The highest BCUT2D eigenvalue weighted by Crippen LogP contribution is 2.23. The molecule has 1 heterocycles. The van der Waals surface area contributed by atoms with Crippen molar-refractivity contribution < 1.29 is 9.53 Å². The molecule has 128 valence electrons. The number of aromatic nitrogens is 2. The second-order valence-corrected chi connectivity index (χ2v) is 6.12. The van der Waals surface area contributed by atoms with Gasteiger partial charge in [0, 0.05) is 17.3 Å². The Kier molecular flexibility index (Phi) is 5.05. The standard InChI is InChI=1S/C19H18ClN3O2/c1-13-3-5-14(6-4-13)12-23-10-9-18(22-23)21-19(24)16-11-15(20)7-8-17(16)25-2/h3-11H,12H2,1-2H3,(H,21,22,24). The van der Waals surface area contributed by atoms with Crippen LogP contribution in [0, 0.1) is 6.92 Å². The number of methoxy groups -OCH3 is 1. The van der Waals surface area contributed by atoms with E-state index in [0.717, 1.165) is 5.56 Å². The van der Waals surface area contributed by atoms with Crippen LogP contribution in [0.4, 0.5) is 5.82 Å². The van der Waals surface area contributed by atoms with Gasteiger partial charge in [-0.1, -0.05) is 41.4 Å². The molecule has 0 saturated heterocycles. The summed E-state index contributed by atoms with van der Waals surface area (Å²) in [6, 6.07) is 14.9. The molecule has 1 amide bonds. The molecule has 0 atom stereocenters. The predicted octanol–water partition coefficient (Wildman–Crippen LogP) is 4.15. The summed E-state index contributed by atoms with van der Waals surface area (Å²) < 4.78 is 6.98. The zero-order chi connectivity index (χ0) is 17.8. The first-order valence-corrected chi connectivity index (χ1v) is 8.17. The third kappa shape index (κ3) is 4.19. The van der Waals surface area contributed by atoms with Crippen LogP contribution in [0.25, 0.3) is 0 Å². The van der Waals surface area contributed by atoms with Crippen LogP contribution in [-0.4, -0.2) is 22.8 Å². The van der Waals surface area contributed by atoms with E-state index in [1.807, 2.05) is 6.20 Å². The molecule has 0 aliphatic carbocycles. The van der Waals surface area contributed by atoms with Gasteiger partial charge in [-0.25, -0.2) is 0 Å². The molecule has 0 aliphatic heterocycles. The van der Waals surface area contributed by atoms with Gasteiger partial charge in [0.05, 0.1) is 19.2 Å². The number of carbonyl (C=O) groups excluding carboxylic acids is 1. The van der Waals surface area contributed by atoms with E-state index in [4.69, 9.17) is 16.3 Å². The quantitative estimate of drug-likeness (QED) is 0.747. The highest BCUT2D eigenvalue weighted by atomic mass is 35.5. The monoisotopic (exact) mass is 355 g/mol. The number of hydrogen-bond acceptors (Lipinski definition) is 3. The summed E-state index contributed by atoms with van der Waals surface area (Å²) in [5.41, 5.74) is 2.72. The van der Waals surface area contributed by atoms with Crippen molar-refractivity contribution in [2.45, 2.75) is 13.5 Å². The molecule has 6 heteroatoms. The molecule has 1 N–H and O–H groups in total. The lowest BCUT2D eigenvalue weighted by atomic mass is 10.1. The van der Waals surface area contributed by atoms with Crippen LogP contribution in [0.15, 0.2) is 54.7 Å². The van der Waals surface area contributed by atoms with E-state index < -0.39 is 0 Å². The van der Waals surface area contributed by atoms with Gasteiger partial charge in [0.2, 0.25) is 0 Å². The number of amides is 1. The molecular formula is C19H18ClN3O2. The summed E-state index contributed by atoms with van der Waals surface area (Å²) in [5, 5.41) is 7.62. The van der Waals surface area contributed by atoms with Crippen molar-refractivity contribution in [2.75, 3.05) is 12.4 Å². The Balaban J connectivity index is 1.72. The van der Waals surface area contributed by atoms with Crippen LogP contribution in [0.5, 0.6) is 5.75 Å². The fourth-order valence-corrected chi connectivity index (χ4v) is 2.61. The zero-order valence-electron chi connectivity index (χ0n) is 14.0. The minimum absolute atomic E-state index is 0.320. The van der Waals surface area contributed by atoms with E-state index in [1.165, 1.54) is 12.7 Å². The van der Waals surface area contributed by atoms with Crippen molar-refractivity contribution in [1.82, 2.24) is 9.78 Å². The first kappa shape index (κ1) is 17.0. The van der Waals surface area contributed by atoms with E-state index in [-0.39, 0.29) is 5.91 Å². The van der Waals surface area contributed by atoms with E-state index in [1.54, 1.807) is 28.9 Å². The zero-order valence-corrected chi connectivity index (χ0v) is 14.7. The number of ether oxygens (including phenoxy) is 1. The van der Waals surface area contributed by atoms with Crippen molar-refractivity contribution in [3.63, 3.8) is 0 Å². The van der Waals surface area contributed by atoms with Crippen molar-refractivity contribution in [3.8, 4) is 5.75 Å². The van der Waals surface area contributed by atoms with Crippen LogP contribution >= 0.6 is 11.6 Å². The van der Waals surface area contributed by atoms with E-state index in [9.17, 15) is 4.79 Å². The Morgan fingerprint density at radius 3 is 2.68 bits per heavy atom. The predicted molar refractivity (Wildman–Crippen MR) is 98.5 cm³/mol. The minimum atomic E-state index is -0.320. The van der Waals surface area contributed by atoms with E-state index in [2.05, 4.69) is 41.6 Å². The Labute approximate surface area is 151 Å². The molecule has 5 nitrogen and oxygen atoms in total. The van der Waals surface area contributed by atoms with Gasteiger partial charge in [-0.05, 0) is 30.7 Å². The van der Waals surface area contributed by atoms with Gasteiger partial charge in [-0.2, -0.15) is 5.10 Å². The highest BCUT2D eigenvalue weighted by molar-refractivity contribution is 6.31. The molecule has 0 radical (unpaired) electrons. The van der Waals surface area contributed by atoms with E-state index in [0.29, 0.717) is 28.7 Å². The second kappa shape index (κ2) is 7.40. The van der Waals surface area contributed by atoms with Crippen LogP contribution in [0.1, 0.15) is 21.5 Å². The summed E-state index contributed by atoms with van der Waals surface area (Å²) in [6.07, 6.45) is 1.82. The van der Waals surface area contributed by atoms with Gasteiger partial charge in [0.25, 0.3) is 5.91 Å². The molecule has 0 aliphatic rings. The summed E-state index contributed by atoms with van der Waals surface area (Å²) in [4.78, 5) is 12.5. The van der Waals surface area contributed by atoms with Crippen LogP contribution < -0.4 is 10.1 Å². The lowest BCUT2D eigenvalue weighted by Crippen LogP contribution is -2.14. The third-order valence-electron chi connectivity index (χ3n) is 3.75. The number of hydrogen-bond donors (Lipinski definition) is 1. The third-order valence-corrected chi connectivity index (χ3v) is 3.99. The number of rotatable bonds is 5. The molecule has 1 aromatic heterocycles. The number of nitrogens with zero attached hydrogens (tertiary/aromatic N) is 2. The normalized spacial score (nSPS) is 10.5. The second-order valence-electron chi connectivity index (χ2n) is 5.68. The van der Waals surface area contributed by atoms with Crippen molar-refractivity contribution >= 4 is 23.3 Å². The Bertz CT molecular complexity index is 888. The molecule has 3 rings (SSSR count). The van der Waals surface area contributed by atoms with Gasteiger partial charge in [0.1, 0.15) is 5.75 Å². The molecule has 0 unspecified atom stereocenters. The maximum Gasteiger partial charge on any atom is 0.260 e. The smallest absolute Gasteiger partial charge is 0.260 e. The van der Waals surface area contributed by atoms with Gasteiger partial charge in [0.15, 0.2) is 5.82 Å². The lowest BCUT2D eigenvalue weighted by Gasteiger charge is -2.08. The molecule has 0 saturated carbocycles. The summed E-state index contributed by atoms with van der Waals surface area (Å²) in [7, 11) is 1.51. The fraction of sp³-hybridized carbons (Fsp3) is 0.158. The van der Waals surface area contributed by atoms with Crippen molar-refractivity contribution in [1.29, 1.82) is 0 Å². The lowest BCUT2D eigenvalue weighted by molar-refractivity contribution is 0.102. The summed E-state index contributed by atoms with van der Waals surface area (Å²) in [6.45, 7) is 2.69. The summed E-state index contributed by atoms with van der Waals surface area (Å²) in [5.74, 6) is 0.611. The number of nitrogens with one attached hydrogen (secondary N) is 1. The molecule has 3 aromatic rings. The van der Waals surface area contributed by atoms with E-state index >= 15 is 0 Å². The molecule has 0 bridgehead atoms. The highest BCUT2D eigenvalue weighted by Gasteiger charge is 2.14. The average molecular weight is 356 g/mol. The molecule has 0 fully saturated rings. The number of carbonyl (C=O) groups is 1. The van der Waals surface area contributed by atoms with Gasteiger partial charge in [-0.15, -0.1) is 0 Å². The number of aryl methyl sites for hydroxylation is 1. The summed E-state index contributed by atoms with van der Waals surface area (Å²) >= 11 is 5.97. The molecule has 2 aromatic carbocycles. The largest absolute Gasteiger partial charge is 0.496 e. The maximum absolute atomic E-state index is 12.5. The first-order valence-electron chi connectivity index (χ1n) is 7.79. The van der Waals surface area contributed by atoms with Gasteiger partial charge in [-0.3, -0.25) is 9.48 Å². The SMILES string of the molecule is COc1ccc(Cl)cc1C(=O)Nc1ccn(Cc2ccc(C)cc2)n1. The molecular weight excluding hydrogens is 338 g/mol. The van der Waals surface area contributed by atoms with Crippen LogP contribution in [-0.2, 0) is 6.54 Å². The minimum Gasteiger partial charge on any atom is -0.496 e. The van der Waals surface area contributed by atoms with Gasteiger partial charge < -0.3 is 10.1 Å². The topological polar surface area (TPSA) is 56.1 Å². The molecule has 0 spiro atoms. The van der Waals surface area contributed by atoms with Crippen molar-refractivity contribution in [3.05, 3.63) is 76.4 Å². The molecule has 25 heavy (non-hydrogen) atoms. The first-order chi connectivity index (χ1) is 12.0. The maximum atomic E-state index is 12.5. The van der Waals surface area contributed by atoms with Gasteiger partial charge >= 0.3 is 0 Å². The van der Waals surface area contributed by atoms with Crippen LogP contribution in [0.3, 0.4) is 0 Å². The van der Waals surface area contributed by atoms with Crippen LogP contribution in [0.2, 0.25) is 5.02 Å². The fourth-order valence-electron chi connectivity index (χ4n) is 2.44. The number of anilines is 1. The average Bonchev–Trinajstić information content (AvgIpc) is 3.03. The Hall–Kier alpha value is -2.79. The Morgan fingerprint density at radius 1 is 1.20 bits per heavy atom. The Morgan fingerprint density at radius 2 is 1.96 bits per heavy atom. The number of benzene rings is 2. The number of halogens is 1.